The van der Waals surface area contributed by atoms with Crippen molar-refractivity contribution in [2.24, 2.45) is 0 Å². The normalized spacial score (nSPS) is 13.5. The first-order valence-corrected chi connectivity index (χ1v) is 16.0. The van der Waals surface area contributed by atoms with Gasteiger partial charge in [-0.25, -0.2) is 0 Å². The van der Waals surface area contributed by atoms with Gasteiger partial charge < -0.3 is 0 Å². The molecule has 1 unspecified atom stereocenters. The van der Waals surface area contributed by atoms with Crippen molar-refractivity contribution in [3.8, 4) is 0 Å². The molecule has 0 aliphatic rings. The van der Waals surface area contributed by atoms with E-state index in [1.807, 2.05) is 0 Å². The van der Waals surface area contributed by atoms with Gasteiger partial charge in [-0.1, -0.05) is 139 Å². The van der Waals surface area contributed by atoms with Crippen molar-refractivity contribution < 1.29 is 0 Å². The Bertz CT molecular complexity index is 517. The first-order valence-electron chi connectivity index (χ1n) is 15.2. The molecule has 2 heteroatoms. The maximum Gasteiger partial charge on any atom is 0.0195 e. The Morgan fingerprint density at radius 3 is 1.54 bits per heavy atom. The lowest BCUT2D eigenvalue weighted by Crippen LogP contribution is -2.11. The summed E-state index contributed by atoms with van der Waals surface area (Å²) >= 11 is 2.06. The average Bonchev–Trinajstić information content (AvgIpc) is 2.84. The molecule has 0 aliphatic carbocycles. The van der Waals surface area contributed by atoms with Crippen LogP contribution < -0.4 is 0 Å². The monoisotopic (exact) mass is 503 g/mol. The van der Waals surface area contributed by atoms with Gasteiger partial charge in [0.25, 0.3) is 0 Å². The van der Waals surface area contributed by atoms with E-state index in [0.29, 0.717) is 0 Å². The van der Waals surface area contributed by atoms with E-state index in [-0.39, 0.29) is 0 Å². The van der Waals surface area contributed by atoms with E-state index < -0.39 is 0 Å². The van der Waals surface area contributed by atoms with Crippen molar-refractivity contribution in [2.75, 3.05) is 14.1 Å². The molecule has 1 nitrogen and oxygen atoms in total. The number of allylic oxidation sites excluding steroid dienone is 8. The highest BCUT2D eigenvalue weighted by molar-refractivity contribution is 7.97. The van der Waals surface area contributed by atoms with E-state index in [1.165, 1.54) is 122 Å². The summed E-state index contributed by atoms with van der Waals surface area (Å²) in [6, 6.07) is 0. The molecule has 0 aromatic heterocycles. The molecule has 0 aliphatic heterocycles. The van der Waals surface area contributed by atoms with Gasteiger partial charge in [0.2, 0.25) is 0 Å². The smallest absolute Gasteiger partial charge is 0.0195 e. The standard InChI is InChI=1S/C33H61NS/c1-5-7-9-11-13-15-17-19-20-22-24-26-28-30-32-33(35-34(3)4)31-29-27-25-23-21-18-16-14-12-10-8-6-2/h11,13-14,16-19,21,33H,5-10,12,15,20,22-32H2,1-4H3/b13-11+,16-14+,19-17+,21-18+. The molecule has 1 atom stereocenters. The minimum absolute atomic E-state index is 0.805. The van der Waals surface area contributed by atoms with E-state index >= 15 is 0 Å². The summed E-state index contributed by atoms with van der Waals surface area (Å²) in [5, 5.41) is 0.805. The third kappa shape index (κ3) is 29.4. The van der Waals surface area contributed by atoms with E-state index in [2.05, 4.69) is 92.8 Å². The Kier molecular flexibility index (Phi) is 28.9. The summed E-state index contributed by atoms with van der Waals surface area (Å²) in [6.07, 6.45) is 45.1. The van der Waals surface area contributed by atoms with Crippen LogP contribution in [-0.4, -0.2) is 23.7 Å². The van der Waals surface area contributed by atoms with E-state index in [9.17, 15) is 0 Å². The van der Waals surface area contributed by atoms with Crippen LogP contribution in [0.1, 0.15) is 142 Å². The minimum atomic E-state index is 0.805. The van der Waals surface area contributed by atoms with Crippen LogP contribution in [0.2, 0.25) is 0 Å². The molecule has 0 radical (unpaired) electrons. The molecule has 0 saturated carbocycles. The van der Waals surface area contributed by atoms with Gasteiger partial charge in [-0.3, -0.25) is 4.31 Å². The van der Waals surface area contributed by atoms with Gasteiger partial charge in [0.1, 0.15) is 0 Å². The SMILES string of the molecule is CCCC/C=C/C/C=C/CCCCCCCC(CCCCC/C=C/C=C/CCCCC)SN(C)C. The predicted molar refractivity (Wildman–Crippen MR) is 165 cm³/mol. The topological polar surface area (TPSA) is 3.24 Å². The molecule has 0 rings (SSSR count). The van der Waals surface area contributed by atoms with Crippen LogP contribution >= 0.6 is 11.9 Å². The van der Waals surface area contributed by atoms with Gasteiger partial charge in [0, 0.05) is 5.25 Å². The first kappa shape index (κ1) is 34.3. The Balaban J connectivity index is 3.70. The molecule has 0 amide bonds. The number of unbranched alkanes of at least 4 members (excludes halogenated alkanes) is 13. The number of hydrogen-bond donors (Lipinski definition) is 0. The van der Waals surface area contributed by atoms with Crippen LogP contribution in [0.25, 0.3) is 0 Å². The van der Waals surface area contributed by atoms with Crippen LogP contribution in [0.15, 0.2) is 48.6 Å². The highest BCUT2D eigenvalue weighted by atomic mass is 32.2. The van der Waals surface area contributed by atoms with Crippen LogP contribution in [0.4, 0.5) is 0 Å². The van der Waals surface area contributed by atoms with Crippen molar-refractivity contribution in [3.05, 3.63) is 48.6 Å². The third-order valence-electron chi connectivity index (χ3n) is 6.34. The maximum absolute atomic E-state index is 2.38. The summed E-state index contributed by atoms with van der Waals surface area (Å²) in [4.78, 5) is 0. The van der Waals surface area contributed by atoms with Crippen molar-refractivity contribution in [1.82, 2.24) is 4.31 Å². The van der Waals surface area contributed by atoms with Gasteiger partial charge in [-0.05, 0) is 78.3 Å². The average molecular weight is 504 g/mol. The molecule has 0 aromatic carbocycles. The first-order chi connectivity index (χ1) is 17.2. The Hall–Kier alpha value is -0.730. The second-order valence-corrected chi connectivity index (χ2v) is 11.8. The van der Waals surface area contributed by atoms with Crippen molar-refractivity contribution >= 4 is 11.9 Å². The second-order valence-electron chi connectivity index (χ2n) is 10.2. The molecule has 0 aromatic rings. The molecule has 35 heavy (non-hydrogen) atoms. The van der Waals surface area contributed by atoms with Crippen LogP contribution in [0, 0.1) is 0 Å². The van der Waals surface area contributed by atoms with Crippen LogP contribution in [0.3, 0.4) is 0 Å². The van der Waals surface area contributed by atoms with Crippen molar-refractivity contribution in [2.45, 2.75) is 148 Å². The predicted octanol–water partition coefficient (Wildman–Crippen LogP) is 11.6. The molecule has 0 fully saturated rings. The fourth-order valence-electron chi connectivity index (χ4n) is 4.21. The van der Waals surface area contributed by atoms with E-state index in [4.69, 9.17) is 0 Å². The summed E-state index contributed by atoms with van der Waals surface area (Å²) in [5.41, 5.74) is 0. The zero-order chi connectivity index (χ0) is 25.7. The summed E-state index contributed by atoms with van der Waals surface area (Å²) in [5.74, 6) is 0. The highest BCUT2D eigenvalue weighted by Gasteiger charge is 2.10. The van der Waals surface area contributed by atoms with Crippen LogP contribution in [0.5, 0.6) is 0 Å². The third-order valence-corrected chi connectivity index (χ3v) is 7.53. The molecule has 0 heterocycles. The van der Waals surface area contributed by atoms with Gasteiger partial charge in [-0.2, -0.15) is 0 Å². The molecular weight excluding hydrogens is 442 g/mol. The molecule has 204 valence electrons. The lowest BCUT2D eigenvalue weighted by molar-refractivity contribution is 0.548. The Labute approximate surface area is 226 Å². The maximum atomic E-state index is 2.38. The Morgan fingerprint density at radius 1 is 0.514 bits per heavy atom. The fraction of sp³-hybridized carbons (Fsp3) is 0.758. The molecule has 0 saturated heterocycles. The number of rotatable bonds is 26. The summed E-state index contributed by atoms with van der Waals surface area (Å²) < 4.78 is 2.31. The molecule has 0 N–H and O–H groups in total. The van der Waals surface area contributed by atoms with Crippen molar-refractivity contribution in [1.29, 1.82) is 0 Å². The summed E-state index contributed by atoms with van der Waals surface area (Å²) in [7, 11) is 4.40. The highest BCUT2D eigenvalue weighted by Crippen LogP contribution is 2.25. The van der Waals surface area contributed by atoms with Gasteiger partial charge in [-0.15, -0.1) is 0 Å². The zero-order valence-electron chi connectivity index (χ0n) is 24.2. The van der Waals surface area contributed by atoms with E-state index in [0.717, 1.165) is 11.7 Å². The number of nitrogens with zero attached hydrogens (tertiary/aromatic N) is 1. The van der Waals surface area contributed by atoms with Crippen LogP contribution in [-0.2, 0) is 0 Å². The molecule has 0 spiro atoms. The zero-order valence-corrected chi connectivity index (χ0v) is 25.0. The van der Waals surface area contributed by atoms with Gasteiger partial charge in [0.15, 0.2) is 0 Å². The van der Waals surface area contributed by atoms with Gasteiger partial charge >= 0.3 is 0 Å². The summed E-state index contributed by atoms with van der Waals surface area (Å²) in [6.45, 7) is 4.52. The minimum Gasteiger partial charge on any atom is -0.257 e. The Morgan fingerprint density at radius 2 is 0.971 bits per heavy atom. The molecular formula is C33H61NS. The molecule has 0 bridgehead atoms. The quantitative estimate of drug-likeness (QED) is 0.0499. The largest absolute Gasteiger partial charge is 0.257 e. The lowest BCUT2D eigenvalue weighted by atomic mass is 10.0. The number of hydrogen-bond acceptors (Lipinski definition) is 2. The van der Waals surface area contributed by atoms with Gasteiger partial charge in [0.05, 0.1) is 0 Å². The lowest BCUT2D eigenvalue weighted by Gasteiger charge is -2.20. The second kappa shape index (κ2) is 29.5. The fourth-order valence-corrected chi connectivity index (χ4v) is 5.35. The van der Waals surface area contributed by atoms with E-state index in [1.54, 1.807) is 0 Å². The van der Waals surface area contributed by atoms with Crippen molar-refractivity contribution in [3.63, 3.8) is 0 Å².